The Morgan fingerprint density at radius 1 is 0.309 bits per heavy atom. The maximum atomic E-state index is 13.1. The van der Waals surface area contributed by atoms with E-state index in [-0.39, 0.29) is 25.7 Å². The third kappa shape index (κ3) is 67.3. The summed E-state index contributed by atoms with van der Waals surface area (Å²) in [4.78, 5) is 72.8. The molecule has 0 rings (SSSR count). The van der Waals surface area contributed by atoms with E-state index in [0.29, 0.717) is 25.7 Å². The predicted molar refractivity (Wildman–Crippen MR) is 381 cm³/mol. The summed E-state index contributed by atoms with van der Waals surface area (Å²) < 4.78 is 68.5. The third-order valence-electron chi connectivity index (χ3n) is 17.8. The molecule has 0 saturated heterocycles. The summed E-state index contributed by atoms with van der Waals surface area (Å²) in [6.45, 7) is 9.57. The minimum atomic E-state index is -4.96. The number of carbonyl (C=O) groups is 4. The lowest BCUT2D eigenvalue weighted by Crippen LogP contribution is -2.30. The minimum absolute atomic E-state index is 0.105. The summed E-state index contributed by atoms with van der Waals surface area (Å²) >= 11 is 0. The van der Waals surface area contributed by atoms with Gasteiger partial charge in [-0.15, -0.1) is 0 Å². The first kappa shape index (κ1) is 92.1. The van der Waals surface area contributed by atoms with Gasteiger partial charge < -0.3 is 33.8 Å². The van der Waals surface area contributed by atoms with E-state index in [1.54, 1.807) is 0 Å². The molecule has 0 aromatic heterocycles. The highest BCUT2D eigenvalue weighted by atomic mass is 31.2. The number of hydrogen-bond donors (Lipinski definition) is 3. The first-order chi connectivity index (χ1) is 45.4. The van der Waals surface area contributed by atoms with E-state index < -0.39 is 97.5 Å². The molecular weight excluding hydrogens is 1230 g/mol. The standard InChI is InChI=1S/C75H146O17P2/c1-7-10-12-14-16-18-20-21-22-23-24-25-26-28-34-41-47-53-59-74(79)91-70(63-86-73(78)58-52-46-40-33-30-29-31-38-44-50-56-68(6)9-3)65-89-93(81,82)87-61-69(76)62-88-94(83,84)90-66-71(92-75(80)60-54-48-42-36-35-37-43-49-55-67(4)5)64-85-72(77)57-51-45-39-32-27-19-17-15-13-11-8-2/h67-71,76H,7-66H2,1-6H3,(H,81,82)(H,83,84)/t68?,69-,70-,71-/m1/s1. The van der Waals surface area contributed by atoms with E-state index in [0.717, 1.165) is 102 Å². The van der Waals surface area contributed by atoms with Gasteiger partial charge in [-0.1, -0.05) is 337 Å². The highest BCUT2D eigenvalue weighted by Crippen LogP contribution is 2.45. The highest BCUT2D eigenvalue weighted by Gasteiger charge is 2.30. The van der Waals surface area contributed by atoms with E-state index in [2.05, 4.69) is 41.5 Å². The third-order valence-corrected chi connectivity index (χ3v) is 19.7. The molecule has 0 aromatic rings. The second kappa shape index (κ2) is 66.9. The fourth-order valence-corrected chi connectivity index (χ4v) is 13.0. The summed E-state index contributed by atoms with van der Waals surface area (Å²) in [6.07, 6.45) is 54.0. The Kier molecular flexibility index (Phi) is 65.5. The molecule has 3 N–H and O–H groups in total. The number of carbonyl (C=O) groups excluding carboxylic acids is 4. The van der Waals surface area contributed by atoms with Crippen molar-refractivity contribution < 1.29 is 80.2 Å². The highest BCUT2D eigenvalue weighted by molar-refractivity contribution is 7.47. The number of aliphatic hydroxyl groups excluding tert-OH is 1. The largest absolute Gasteiger partial charge is 0.472 e. The van der Waals surface area contributed by atoms with Gasteiger partial charge in [0.2, 0.25) is 0 Å². The summed E-state index contributed by atoms with van der Waals surface area (Å²) in [5.74, 6) is -0.590. The normalized spacial score (nSPS) is 14.3. The fraction of sp³-hybridized carbons (Fsp3) is 0.947. The van der Waals surface area contributed by atoms with E-state index in [1.807, 2.05) is 0 Å². The average molecular weight is 1380 g/mol. The Bertz CT molecular complexity index is 1820. The van der Waals surface area contributed by atoms with Crippen molar-refractivity contribution >= 4 is 39.5 Å². The van der Waals surface area contributed by atoms with Gasteiger partial charge in [0.15, 0.2) is 12.2 Å². The van der Waals surface area contributed by atoms with E-state index >= 15 is 0 Å². The second-order valence-electron chi connectivity index (χ2n) is 27.8. The van der Waals surface area contributed by atoms with Crippen molar-refractivity contribution in [2.45, 2.75) is 407 Å². The van der Waals surface area contributed by atoms with Crippen molar-refractivity contribution in [1.29, 1.82) is 0 Å². The van der Waals surface area contributed by atoms with Crippen LogP contribution in [-0.4, -0.2) is 96.7 Å². The average Bonchev–Trinajstić information content (AvgIpc) is 1.30. The Labute approximate surface area is 575 Å². The molecule has 0 saturated carbocycles. The van der Waals surface area contributed by atoms with Crippen LogP contribution in [0.1, 0.15) is 388 Å². The first-order valence-electron chi connectivity index (χ1n) is 39.0. The van der Waals surface area contributed by atoms with Crippen molar-refractivity contribution in [1.82, 2.24) is 0 Å². The van der Waals surface area contributed by atoms with Crippen LogP contribution in [-0.2, 0) is 65.4 Å². The molecule has 0 radical (unpaired) electrons. The molecule has 0 aliphatic carbocycles. The van der Waals surface area contributed by atoms with Crippen LogP contribution in [0.4, 0.5) is 0 Å². The summed E-state index contributed by atoms with van der Waals surface area (Å²) in [7, 11) is -9.91. The van der Waals surface area contributed by atoms with Gasteiger partial charge >= 0.3 is 39.5 Å². The number of esters is 4. The fourth-order valence-electron chi connectivity index (χ4n) is 11.4. The van der Waals surface area contributed by atoms with Crippen molar-refractivity contribution in [2.75, 3.05) is 39.6 Å². The molecule has 17 nitrogen and oxygen atoms in total. The maximum Gasteiger partial charge on any atom is 0.472 e. The van der Waals surface area contributed by atoms with Crippen LogP contribution in [0, 0.1) is 11.8 Å². The van der Waals surface area contributed by atoms with Crippen molar-refractivity contribution in [3.63, 3.8) is 0 Å². The Balaban J connectivity index is 5.24. The lowest BCUT2D eigenvalue weighted by atomic mass is 9.99. The van der Waals surface area contributed by atoms with E-state index in [4.69, 9.17) is 37.0 Å². The van der Waals surface area contributed by atoms with Crippen LogP contribution in [0.2, 0.25) is 0 Å². The Morgan fingerprint density at radius 3 is 0.809 bits per heavy atom. The van der Waals surface area contributed by atoms with Gasteiger partial charge in [0.1, 0.15) is 19.3 Å². The van der Waals surface area contributed by atoms with Gasteiger partial charge in [0, 0.05) is 25.7 Å². The Hall–Kier alpha value is -1.94. The van der Waals surface area contributed by atoms with Gasteiger partial charge in [-0.3, -0.25) is 37.3 Å². The molecule has 0 aromatic carbocycles. The molecular formula is C75H146O17P2. The molecule has 0 aliphatic heterocycles. The predicted octanol–water partition coefficient (Wildman–Crippen LogP) is 21.9. The summed E-state index contributed by atoms with van der Waals surface area (Å²) in [6, 6.07) is 0. The van der Waals surface area contributed by atoms with E-state index in [1.165, 1.54) is 205 Å². The minimum Gasteiger partial charge on any atom is -0.462 e. The zero-order valence-corrected chi connectivity index (χ0v) is 63.1. The number of rotatable bonds is 74. The van der Waals surface area contributed by atoms with Crippen LogP contribution in [0.15, 0.2) is 0 Å². The smallest absolute Gasteiger partial charge is 0.462 e. The van der Waals surface area contributed by atoms with Crippen LogP contribution in [0.5, 0.6) is 0 Å². The quantitative estimate of drug-likeness (QED) is 0.0222. The molecule has 0 bridgehead atoms. The molecule has 558 valence electrons. The van der Waals surface area contributed by atoms with Gasteiger partial charge in [0.05, 0.1) is 26.4 Å². The lowest BCUT2D eigenvalue weighted by molar-refractivity contribution is -0.161. The number of hydrogen-bond acceptors (Lipinski definition) is 15. The molecule has 0 fully saturated rings. The van der Waals surface area contributed by atoms with E-state index in [9.17, 15) is 43.2 Å². The number of phosphoric acid groups is 2. The van der Waals surface area contributed by atoms with Crippen LogP contribution in [0.25, 0.3) is 0 Å². The summed E-state index contributed by atoms with van der Waals surface area (Å²) in [5, 5.41) is 10.6. The monoisotopic (exact) mass is 1380 g/mol. The topological polar surface area (TPSA) is 237 Å². The molecule has 19 heteroatoms. The van der Waals surface area contributed by atoms with Gasteiger partial charge in [-0.2, -0.15) is 0 Å². The van der Waals surface area contributed by atoms with Gasteiger partial charge in [-0.25, -0.2) is 9.13 Å². The maximum absolute atomic E-state index is 13.1. The number of aliphatic hydroxyl groups is 1. The molecule has 94 heavy (non-hydrogen) atoms. The first-order valence-corrected chi connectivity index (χ1v) is 42.0. The van der Waals surface area contributed by atoms with Gasteiger partial charge in [-0.05, 0) is 37.5 Å². The molecule has 0 heterocycles. The molecule has 0 spiro atoms. The zero-order valence-electron chi connectivity index (χ0n) is 61.3. The Morgan fingerprint density at radius 2 is 0.543 bits per heavy atom. The molecule has 0 amide bonds. The molecule has 3 unspecified atom stereocenters. The summed E-state index contributed by atoms with van der Waals surface area (Å²) in [5.41, 5.74) is 0. The lowest BCUT2D eigenvalue weighted by Gasteiger charge is -2.21. The van der Waals surface area contributed by atoms with Crippen molar-refractivity contribution in [3.05, 3.63) is 0 Å². The number of phosphoric ester groups is 2. The van der Waals surface area contributed by atoms with Crippen molar-refractivity contribution in [2.24, 2.45) is 11.8 Å². The number of unbranched alkanes of at least 4 members (excludes halogenated alkanes) is 43. The zero-order chi connectivity index (χ0) is 69.3. The van der Waals surface area contributed by atoms with Gasteiger partial charge in [0.25, 0.3) is 0 Å². The number of ether oxygens (including phenoxy) is 4. The molecule has 0 aliphatic rings. The van der Waals surface area contributed by atoms with Crippen molar-refractivity contribution in [3.8, 4) is 0 Å². The van der Waals surface area contributed by atoms with Crippen LogP contribution in [0.3, 0.4) is 0 Å². The van der Waals surface area contributed by atoms with Crippen LogP contribution < -0.4 is 0 Å². The molecule has 6 atom stereocenters. The second-order valence-corrected chi connectivity index (χ2v) is 30.7. The van der Waals surface area contributed by atoms with Crippen LogP contribution >= 0.6 is 15.6 Å². The SMILES string of the molecule is CCCCCCCCCCCCCCCCCCCCC(=O)O[C@H](COC(=O)CCCCCCCCCCCCC(C)CC)COP(=O)(O)OC[C@@H](O)COP(=O)(O)OC[C@@H](COC(=O)CCCCCCCCCCCCC)OC(=O)CCCCCCCCCCC(C)C.